The summed E-state index contributed by atoms with van der Waals surface area (Å²) in [6.07, 6.45) is 0.482. The third-order valence-corrected chi connectivity index (χ3v) is 7.98. The maximum Gasteiger partial charge on any atom is 0.407 e. The number of nitrogens with one attached hydrogen (secondary N) is 2. The molecule has 0 aliphatic carbocycles. The van der Waals surface area contributed by atoms with Crippen molar-refractivity contribution >= 4 is 56.6 Å². The van der Waals surface area contributed by atoms with Gasteiger partial charge in [0.25, 0.3) is 15.9 Å². The molecule has 2 aromatic carbocycles. The number of benzene rings is 2. The molecule has 38 heavy (non-hydrogen) atoms. The van der Waals surface area contributed by atoms with Gasteiger partial charge >= 0.3 is 6.09 Å². The van der Waals surface area contributed by atoms with Crippen molar-refractivity contribution < 1.29 is 27.1 Å². The van der Waals surface area contributed by atoms with Crippen molar-refractivity contribution in [1.82, 2.24) is 10.3 Å². The van der Waals surface area contributed by atoms with Gasteiger partial charge in [0.2, 0.25) is 0 Å². The van der Waals surface area contributed by atoms with Crippen LogP contribution < -0.4 is 14.9 Å². The number of halogens is 3. The maximum atomic E-state index is 13.6. The molecular formula is C25H23Cl2FN4O5S. The molecule has 1 aromatic heterocycles. The Morgan fingerprint density at radius 1 is 1.13 bits per heavy atom. The van der Waals surface area contributed by atoms with Crippen LogP contribution in [0.5, 0.6) is 0 Å². The van der Waals surface area contributed by atoms with Gasteiger partial charge in [-0.25, -0.2) is 17.6 Å². The predicted octanol–water partition coefficient (Wildman–Crippen LogP) is 5.03. The van der Waals surface area contributed by atoms with Crippen molar-refractivity contribution in [2.45, 2.75) is 37.3 Å². The lowest BCUT2D eigenvalue weighted by Crippen LogP contribution is -2.50. The summed E-state index contributed by atoms with van der Waals surface area (Å²) in [6.45, 7) is 3.22. The molecule has 2 heterocycles. The minimum absolute atomic E-state index is 0.0530. The summed E-state index contributed by atoms with van der Waals surface area (Å²) < 4.78 is 46.9. The van der Waals surface area contributed by atoms with E-state index in [0.29, 0.717) is 5.69 Å². The van der Waals surface area contributed by atoms with E-state index < -0.39 is 33.9 Å². The number of rotatable bonds is 6. The van der Waals surface area contributed by atoms with Crippen LogP contribution in [0.3, 0.4) is 0 Å². The SMILES string of the molecule is CC(C)OC(=O)N[C@@H]1Cc2ncc(NC(=O)c3c(Cl)cccc3Cl)cc2N(S(=O)(=O)c2ccc(F)cc2)C1. The van der Waals surface area contributed by atoms with E-state index in [4.69, 9.17) is 27.9 Å². The second-order valence-corrected chi connectivity index (χ2v) is 11.4. The summed E-state index contributed by atoms with van der Waals surface area (Å²) in [5, 5.41) is 5.60. The average Bonchev–Trinajstić information content (AvgIpc) is 2.83. The van der Waals surface area contributed by atoms with Gasteiger partial charge in [-0.15, -0.1) is 0 Å². The Morgan fingerprint density at radius 3 is 2.42 bits per heavy atom. The Hall–Kier alpha value is -3.41. The van der Waals surface area contributed by atoms with E-state index in [2.05, 4.69) is 15.6 Å². The first-order chi connectivity index (χ1) is 18.0. The molecule has 0 bridgehead atoms. The van der Waals surface area contributed by atoms with Crippen LogP contribution in [-0.4, -0.2) is 44.1 Å². The molecule has 0 saturated heterocycles. The second kappa shape index (κ2) is 11.1. The zero-order chi connectivity index (χ0) is 27.6. The molecule has 9 nitrogen and oxygen atoms in total. The summed E-state index contributed by atoms with van der Waals surface area (Å²) >= 11 is 12.3. The number of amides is 2. The summed E-state index contributed by atoms with van der Waals surface area (Å²) in [5.74, 6) is -1.20. The first-order valence-corrected chi connectivity index (χ1v) is 13.6. The van der Waals surface area contributed by atoms with Crippen LogP contribution in [0.15, 0.2) is 59.6 Å². The lowest BCUT2D eigenvalue weighted by Gasteiger charge is -2.35. The summed E-state index contributed by atoms with van der Waals surface area (Å²) in [4.78, 5) is 29.3. The zero-order valence-electron chi connectivity index (χ0n) is 20.2. The van der Waals surface area contributed by atoms with E-state index in [0.717, 1.165) is 28.6 Å². The van der Waals surface area contributed by atoms with Gasteiger partial charge in [-0.2, -0.15) is 0 Å². The Morgan fingerprint density at radius 2 is 1.79 bits per heavy atom. The van der Waals surface area contributed by atoms with Crippen LogP contribution in [0.25, 0.3) is 0 Å². The number of alkyl carbamates (subject to hydrolysis) is 1. The Balaban J connectivity index is 1.70. The molecular weight excluding hydrogens is 558 g/mol. The number of fused-ring (bicyclic) bond motifs is 1. The molecule has 1 atom stereocenters. The number of carbonyl (C=O) groups is 2. The van der Waals surface area contributed by atoms with E-state index in [9.17, 15) is 22.4 Å². The Kier molecular flexibility index (Phi) is 8.10. The van der Waals surface area contributed by atoms with Crippen LogP contribution in [0, 0.1) is 5.82 Å². The Bertz CT molecular complexity index is 1470. The quantitative estimate of drug-likeness (QED) is 0.422. The summed E-state index contributed by atoms with van der Waals surface area (Å²) in [5.41, 5.74) is 0.783. The molecule has 2 amide bonds. The second-order valence-electron chi connectivity index (χ2n) is 8.73. The van der Waals surface area contributed by atoms with E-state index in [1.807, 2.05) is 0 Å². The van der Waals surface area contributed by atoms with Gasteiger partial charge in [0.05, 0.1) is 62.5 Å². The highest BCUT2D eigenvalue weighted by molar-refractivity contribution is 7.92. The standard InChI is InChI=1S/C25H23Cl2FN4O5S/c1-14(2)37-25(34)31-17-10-21-22(32(13-17)38(35,36)18-8-6-15(28)7-9-18)11-16(12-29-21)30-24(33)23-19(26)4-3-5-20(23)27/h3-9,11-12,14,17H,10,13H2,1-2H3,(H,30,33)(H,31,34)/t17-/m1/s1. The largest absolute Gasteiger partial charge is 0.447 e. The number of hydrogen-bond donors (Lipinski definition) is 2. The van der Waals surface area contributed by atoms with Crippen LogP contribution in [0.2, 0.25) is 10.0 Å². The van der Waals surface area contributed by atoms with Crippen molar-refractivity contribution in [1.29, 1.82) is 0 Å². The van der Waals surface area contributed by atoms with E-state index in [1.165, 1.54) is 24.4 Å². The number of hydrogen-bond acceptors (Lipinski definition) is 6. The smallest absolute Gasteiger partial charge is 0.407 e. The van der Waals surface area contributed by atoms with Crippen LogP contribution in [0.1, 0.15) is 29.9 Å². The number of carbonyl (C=O) groups excluding carboxylic acids is 2. The van der Waals surface area contributed by atoms with Crippen molar-refractivity contribution in [2.75, 3.05) is 16.2 Å². The number of nitrogens with zero attached hydrogens (tertiary/aromatic N) is 2. The Labute approximate surface area is 229 Å². The summed E-state index contributed by atoms with van der Waals surface area (Å²) in [6, 6.07) is 9.78. The van der Waals surface area contributed by atoms with Crippen molar-refractivity contribution in [2.24, 2.45) is 0 Å². The number of anilines is 2. The van der Waals surface area contributed by atoms with Gasteiger partial charge in [0.15, 0.2) is 0 Å². The first kappa shape index (κ1) is 27.6. The van der Waals surface area contributed by atoms with Gasteiger partial charge in [-0.3, -0.25) is 14.1 Å². The molecule has 0 radical (unpaired) electrons. The first-order valence-electron chi connectivity index (χ1n) is 11.5. The normalized spacial score (nSPS) is 15.1. The molecule has 4 rings (SSSR count). The lowest BCUT2D eigenvalue weighted by molar-refractivity contribution is 0.102. The van der Waals surface area contributed by atoms with E-state index >= 15 is 0 Å². The molecule has 2 N–H and O–H groups in total. The maximum absolute atomic E-state index is 13.6. The number of pyridine rings is 1. The molecule has 0 spiro atoms. The average molecular weight is 581 g/mol. The van der Waals surface area contributed by atoms with E-state index in [-0.39, 0.29) is 50.9 Å². The zero-order valence-corrected chi connectivity index (χ0v) is 22.6. The molecule has 1 aliphatic rings. The van der Waals surface area contributed by atoms with Gasteiger partial charge < -0.3 is 15.4 Å². The number of ether oxygens (including phenoxy) is 1. The lowest BCUT2D eigenvalue weighted by atomic mass is 10.0. The van der Waals surface area contributed by atoms with Gasteiger partial charge in [0, 0.05) is 6.42 Å². The van der Waals surface area contributed by atoms with Crippen LogP contribution >= 0.6 is 23.2 Å². The minimum atomic E-state index is -4.22. The molecule has 0 fully saturated rings. The van der Waals surface area contributed by atoms with E-state index in [1.54, 1.807) is 19.9 Å². The molecule has 13 heteroatoms. The van der Waals surface area contributed by atoms with Crippen LogP contribution in [-0.2, 0) is 21.2 Å². The van der Waals surface area contributed by atoms with Gasteiger partial charge in [-0.05, 0) is 56.3 Å². The molecule has 200 valence electrons. The highest BCUT2D eigenvalue weighted by Crippen LogP contribution is 2.34. The van der Waals surface area contributed by atoms with Gasteiger partial charge in [-0.1, -0.05) is 29.3 Å². The number of sulfonamides is 1. The van der Waals surface area contributed by atoms with Crippen LogP contribution in [0.4, 0.5) is 20.6 Å². The molecule has 3 aromatic rings. The fraction of sp³-hybridized carbons (Fsp3) is 0.240. The molecule has 1 aliphatic heterocycles. The fourth-order valence-electron chi connectivity index (χ4n) is 3.90. The molecule has 0 saturated carbocycles. The number of aromatic nitrogens is 1. The predicted molar refractivity (Wildman–Crippen MR) is 142 cm³/mol. The molecule has 0 unspecified atom stereocenters. The topological polar surface area (TPSA) is 118 Å². The highest BCUT2D eigenvalue weighted by Gasteiger charge is 2.35. The highest BCUT2D eigenvalue weighted by atomic mass is 35.5. The van der Waals surface area contributed by atoms with Crippen molar-refractivity contribution in [3.05, 3.63) is 81.8 Å². The monoisotopic (exact) mass is 580 g/mol. The minimum Gasteiger partial charge on any atom is -0.447 e. The van der Waals surface area contributed by atoms with Crippen molar-refractivity contribution in [3.63, 3.8) is 0 Å². The van der Waals surface area contributed by atoms with Gasteiger partial charge in [0.1, 0.15) is 5.82 Å². The third kappa shape index (κ3) is 6.01. The summed E-state index contributed by atoms with van der Waals surface area (Å²) in [7, 11) is -4.22. The van der Waals surface area contributed by atoms with Crippen molar-refractivity contribution in [3.8, 4) is 0 Å². The fourth-order valence-corrected chi connectivity index (χ4v) is 6.00. The third-order valence-electron chi connectivity index (χ3n) is 5.56.